The van der Waals surface area contributed by atoms with Gasteiger partial charge in [-0.25, -0.2) is 0 Å². The number of anilines is 1. The minimum atomic E-state index is -0.807. The number of ether oxygens (including phenoxy) is 3. The van der Waals surface area contributed by atoms with Gasteiger partial charge in [0.1, 0.15) is 6.10 Å². The first kappa shape index (κ1) is 51.5. The van der Waals surface area contributed by atoms with Crippen LogP contribution in [0.15, 0.2) is 54.6 Å². The van der Waals surface area contributed by atoms with Crippen LogP contribution in [-0.2, 0) is 40.0 Å². The first-order chi connectivity index (χ1) is 29.0. The van der Waals surface area contributed by atoms with E-state index >= 15 is 0 Å². The first-order valence-electron chi connectivity index (χ1n) is 22.3. The number of carbonyl (C=O) groups is 4. The van der Waals surface area contributed by atoms with Crippen molar-refractivity contribution in [1.82, 2.24) is 20.4 Å². The van der Waals surface area contributed by atoms with Crippen molar-refractivity contribution >= 4 is 29.3 Å². The molecule has 3 rings (SSSR count). The summed E-state index contributed by atoms with van der Waals surface area (Å²) in [7, 11) is 6.80. The quantitative estimate of drug-likeness (QED) is 0.0913. The van der Waals surface area contributed by atoms with E-state index in [9.17, 15) is 24.3 Å². The lowest BCUT2D eigenvalue weighted by Crippen LogP contribution is -2.54. The lowest BCUT2D eigenvalue weighted by molar-refractivity contribution is -0.145. The van der Waals surface area contributed by atoms with Gasteiger partial charge < -0.3 is 45.1 Å². The molecule has 0 radical (unpaired) electrons. The van der Waals surface area contributed by atoms with Crippen LogP contribution in [0.3, 0.4) is 0 Å². The lowest BCUT2D eigenvalue weighted by atomic mass is 9.80. The van der Waals surface area contributed by atoms with Gasteiger partial charge in [0.05, 0.1) is 50.0 Å². The number of hydrogen-bond acceptors (Lipinski definition) is 9. The van der Waals surface area contributed by atoms with Crippen LogP contribution in [0.5, 0.6) is 0 Å². The highest BCUT2D eigenvalue weighted by Gasteiger charge is 2.42. The van der Waals surface area contributed by atoms with E-state index < -0.39 is 30.3 Å². The Morgan fingerprint density at radius 3 is 2.10 bits per heavy atom. The van der Waals surface area contributed by atoms with Gasteiger partial charge in [0.2, 0.25) is 23.6 Å². The van der Waals surface area contributed by atoms with Gasteiger partial charge in [0.25, 0.3) is 0 Å². The maximum atomic E-state index is 14.2. The average molecular weight is 852 g/mol. The van der Waals surface area contributed by atoms with Crippen LogP contribution >= 0.6 is 0 Å². The van der Waals surface area contributed by atoms with Crippen molar-refractivity contribution in [1.29, 1.82) is 0 Å². The number of hydrogen-bond donors (Lipinski definition) is 4. The van der Waals surface area contributed by atoms with Gasteiger partial charge >= 0.3 is 0 Å². The van der Waals surface area contributed by atoms with Gasteiger partial charge in [0, 0.05) is 46.0 Å². The summed E-state index contributed by atoms with van der Waals surface area (Å²) in [6.45, 7) is 16.6. The van der Waals surface area contributed by atoms with Crippen molar-refractivity contribution < 1.29 is 38.5 Å². The molecule has 1 aliphatic rings. The zero-order valence-corrected chi connectivity index (χ0v) is 39.0. The molecular formula is C48H77N5O8. The lowest BCUT2D eigenvalue weighted by Gasteiger charge is -2.40. The van der Waals surface area contributed by atoms with Gasteiger partial charge in [-0.05, 0) is 72.7 Å². The van der Waals surface area contributed by atoms with Gasteiger partial charge in [-0.2, -0.15) is 0 Å². The number of nitrogens with one attached hydrogen (secondary N) is 3. The van der Waals surface area contributed by atoms with Crippen LogP contribution in [0.1, 0.15) is 105 Å². The summed E-state index contributed by atoms with van der Waals surface area (Å²) in [4.78, 5) is 57.5. The highest BCUT2D eigenvalue weighted by molar-refractivity contribution is 5.91. The molecular weight excluding hydrogens is 775 g/mol. The molecule has 342 valence electrons. The summed E-state index contributed by atoms with van der Waals surface area (Å²) in [5.41, 5.74) is 2.37. The Morgan fingerprint density at radius 2 is 1.54 bits per heavy atom. The normalized spacial score (nSPS) is 18.7. The fourth-order valence-corrected chi connectivity index (χ4v) is 8.66. The molecule has 13 heteroatoms. The summed E-state index contributed by atoms with van der Waals surface area (Å²) in [5.74, 6) is -0.872. The van der Waals surface area contributed by atoms with E-state index in [1.807, 2.05) is 101 Å². The van der Waals surface area contributed by atoms with E-state index in [-0.39, 0.29) is 79.2 Å². The molecule has 1 saturated heterocycles. The van der Waals surface area contributed by atoms with Crippen molar-refractivity contribution in [3.63, 3.8) is 0 Å². The standard InChI is InChI=1S/C48H77N5O8/c1-13-32(6)44(40(59-11)27-42(55)53-25-17-20-39(53)47(60-12)34(8)33(7)45(57)36-18-15-14-16-19-36)52(10)43(56)28-50-48(58)46(31(4)5)61-29-35-21-23-37(24-22-35)51-41(54)26-38(49-9)30(2)3/h14-16,18-19,21-24,30-34,38-40,44-47,49,57H,13,17,20,25-29H2,1-12H3,(H,50,58)(H,51,54). The number of likely N-dealkylation sites (N-methyl/N-ethyl adjacent to an activating group) is 1. The Hall–Kier alpha value is -3.88. The molecule has 10 atom stereocenters. The van der Waals surface area contributed by atoms with Gasteiger partial charge in [0.15, 0.2) is 0 Å². The third kappa shape index (κ3) is 14.6. The fourth-order valence-electron chi connectivity index (χ4n) is 8.66. The summed E-state index contributed by atoms with van der Waals surface area (Å²) in [5, 5.41) is 20.2. The van der Waals surface area contributed by atoms with E-state index in [4.69, 9.17) is 14.2 Å². The number of benzene rings is 2. The number of carbonyl (C=O) groups excluding carboxylic acids is 4. The van der Waals surface area contributed by atoms with Crippen molar-refractivity contribution in [2.75, 3.05) is 46.7 Å². The highest BCUT2D eigenvalue weighted by Crippen LogP contribution is 2.36. The van der Waals surface area contributed by atoms with E-state index in [2.05, 4.69) is 36.7 Å². The Kier molecular flexibility index (Phi) is 21.3. The molecule has 2 aromatic rings. The molecule has 0 aliphatic carbocycles. The monoisotopic (exact) mass is 852 g/mol. The molecule has 1 heterocycles. The summed E-state index contributed by atoms with van der Waals surface area (Å²) in [6.07, 6.45) is 0.446. The Bertz CT molecular complexity index is 1640. The zero-order chi connectivity index (χ0) is 45.4. The molecule has 0 aromatic heterocycles. The van der Waals surface area contributed by atoms with Crippen LogP contribution in [0, 0.1) is 29.6 Å². The smallest absolute Gasteiger partial charge is 0.249 e. The predicted octanol–water partition coefficient (Wildman–Crippen LogP) is 6.21. The van der Waals surface area contributed by atoms with Crippen molar-refractivity contribution in [3.8, 4) is 0 Å². The second kappa shape index (κ2) is 25.3. The van der Waals surface area contributed by atoms with Crippen LogP contribution in [0.4, 0.5) is 5.69 Å². The third-order valence-corrected chi connectivity index (χ3v) is 12.9. The minimum absolute atomic E-state index is 0.0133. The molecule has 0 saturated carbocycles. The Balaban J connectivity index is 1.62. The van der Waals surface area contributed by atoms with Crippen molar-refractivity contribution in [3.05, 3.63) is 65.7 Å². The molecule has 13 nitrogen and oxygen atoms in total. The van der Waals surface area contributed by atoms with Crippen molar-refractivity contribution in [2.24, 2.45) is 29.6 Å². The summed E-state index contributed by atoms with van der Waals surface area (Å²) < 4.78 is 18.2. The minimum Gasteiger partial charge on any atom is -0.388 e. The number of likely N-dealkylation sites (tertiary alicyclic amines) is 1. The van der Waals surface area contributed by atoms with Crippen LogP contribution in [0.2, 0.25) is 0 Å². The molecule has 0 bridgehead atoms. The van der Waals surface area contributed by atoms with Gasteiger partial charge in [-0.3, -0.25) is 19.2 Å². The number of aliphatic hydroxyl groups excluding tert-OH is 1. The molecule has 1 fully saturated rings. The van der Waals surface area contributed by atoms with Crippen molar-refractivity contribution in [2.45, 2.75) is 137 Å². The van der Waals surface area contributed by atoms with E-state index in [0.29, 0.717) is 24.6 Å². The van der Waals surface area contributed by atoms with Crippen LogP contribution < -0.4 is 16.0 Å². The molecule has 0 spiro atoms. The SMILES string of the molecule is CCC(C)C(C(CC(=O)N1CCCC1C(OC)C(C)C(C)C(O)c1ccccc1)OC)N(C)C(=O)CNC(=O)C(OCc1ccc(NC(=O)CC(NC)C(C)C)cc1)C(C)C. The molecule has 1 aliphatic heterocycles. The highest BCUT2D eigenvalue weighted by atomic mass is 16.5. The van der Waals surface area contributed by atoms with Gasteiger partial charge in [-0.1, -0.05) is 104 Å². The van der Waals surface area contributed by atoms with Gasteiger partial charge in [-0.15, -0.1) is 0 Å². The number of nitrogens with zero attached hydrogens (tertiary/aromatic N) is 2. The maximum absolute atomic E-state index is 14.2. The maximum Gasteiger partial charge on any atom is 0.249 e. The predicted molar refractivity (Wildman–Crippen MR) is 240 cm³/mol. The average Bonchev–Trinajstić information content (AvgIpc) is 3.74. The molecule has 4 amide bonds. The fraction of sp³-hybridized carbons (Fsp3) is 0.667. The topological polar surface area (TPSA) is 159 Å². The summed E-state index contributed by atoms with van der Waals surface area (Å²) in [6, 6.07) is 16.4. The largest absolute Gasteiger partial charge is 0.388 e. The van der Waals surface area contributed by atoms with E-state index in [1.54, 1.807) is 26.2 Å². The van der Waals surface area contributed by atoms with Crippen LogP contribution in [0.25, 0.3) is 0 Å². The molecule has 4 N–H and O–H groups in total. The number of aliphatic hydroxyl groups is 1. The Morgan fingerprint density at radius 1 is 0.885 bits per heavy atom. The molecule has 2 aromatic carbocycles. The number of amides is 4. The third-order valence-electron chi connectivity index (χ3n) is 12.9. The number of methoxy groups -OCH3 is 2. The Labute approximate surface area is 366 Å². The van der Waals surface area contributed by atoms with Crippen LogP contribution in [-0.4, -0.2) is 116 Å². The first-order valence-corrected chi connectivity index (χ1v) is 22.3. The number of rotatable bonds is 25. The van der Waals surface area contributed by atoms with E-state index in [1.165, 1.54) is 0 Å². The molecule has 10 unspecified atom stereocenters. The summed E-state index contributed by atoms with van der Waals surface area (Å²) >= 11 is 0. The second-order valence-corrected chi connectivity index (χ2v) is 17.7. The zero-order valence-electron chi connectivity index (χ0n) is 39.0. The molecule has 61 heavy (non-hydrogen) atoms. The van der Waals surface area contributed by atoms with E-state index in [0.717, 1.165) is 30.4 Å². The second-order valence-electron chi connectivity index (χ2n) is 17.7.